The van der Waals surface area contributed by atoms with Gasteiger partial charge in [0, 0.05) is 44.0 Å². The number of piperazine rings is 1. The van der Waals surface area contributed by atoms with Crippen molar-refractivity contribution in [2.24, 2.45) is 11.8 Å². The second-order valence-corrected chi connectivity index (χ2v) is 10.6. The van der Waals surface area contributed by atoms with E-state index >= 15 is 0 Å². The number of hydrogen-bond donors (Lipinski definition) is 3. The van der Waals surface area contributed by atoms with Crippen molar-refractivity contribution in [1.82, 2.24) is 20.0 Å². The average Bonchev–Trinajstić information content (AvgIpc) is 3.72. The van der Waals surface area contributed by atoms with E-state index in [0.717, 1.165) is 44.2 Å². The van der Waals surface area contributed by atoms with Crippen molar-refractivity contribution in [3.05, 3.63) is 59.6 Å². The molecular formula is C27H41N5O4Os-2. The molecule has 5 unspecified atom stereocenters. The van der Waals surface area contributed by atoms with Crippen LogP contribution in [-0.4, -0.2) is 95.1 Å². The average molecular weight is 690 g/mol. The molecule has 0 radical (unpaired) electrons. The van der Waals surface area contributed by atoms with Crippen LogP contribution in [0.25, 0.3) is 5.32 Å². The molecular weight excluding hydrogens is 649 g/mol. The zero-order valence-corrected chi connectivity index (χ0v) is 24.4. The zero-order chi connectivity index (χ0) is 26.5. The third kappa shape index (κ3) is 6.67. The number of allylic oxidation sites excluding steroid dienone is 3. The Balaban J connectivity index is 0.00000156. The van der Waals surface area contributed by atoms with E-state index in [4.69, 9.17) is 13.6 Å². The van der Waals surface area contributed by atoms with Crippen molar-refractivity contribution in [3.63, 3.8) is 0 Å². The van der Waals surface area contributed by atoms with Crippen molar-refractivity contribution in [1.29, 1.82) is 0 Å². The molecule has 0 bridgehead atoms. The number of nitrogens with one attached hydrogen (secondary N) is 1. The third-order valence-corrected chi connectivity index (χ3v) is 7.94. The second kappa shape index (κ2) is 13.2. The normalized spacial score (nSPS) is 33.6. The summed E-state index contributed by atoms with van der Waals surface area (Å²) in [5.41, 5.74) is 3.73. The predicted octanol–water partition coefficient (Wildman–Crippen LogP) is 2.00. The fraction of sp³-hybridized carbons (Fsp3) is 0.667. The van der Waals surface area contributed by atoms with Gasteiger partial charge >= 0.3 is 22.1 Å². The summed E-state index contributed by atoms with van der Waals surface area (Å²) < 4.78 is 13.7. The van der Waals surface area contributed by atoms with Crippen LogP contribution in [0.15, 0.2) is 47.3 Å². The number of aliphatic hydroxyl groups excluding tert-OH is 2. The molecule has 1 saturated carbocycles. The standard InChI is InChI=1S/C27H41N5O3.O.Os/c1-4-9-28-24-15-22(32-19(3)17-35-27(32)34)7-8-23(24)26(33)31-12-10-30(11-13-31)25-18(2)14-21(16-29-25)20-5-6-20;;/h7-8,14-16,19-20,23-27,29,33-34H,1,4-6,9-13,17H2,2-3H3;;/q-2;;/t19-,23?,24?,25?,26?,27?;;/m1../s1. The summed E-state index contributed by atoms with van der Waals surface area (Å²) in [5, 5.41) is 30.1. The Kier molecular flexibility index (Phi) is 10.3. The van der Waals surface area contributed by atoms with Gasteiger partial charge in [0.1, 0.15) is 12.4 Å². The molecule has 2 aliphatic carbocycles. The fourth-order valence-corrected chi connectivity index (χ4v) is 5.75. The van der Waals surface area contributed by atoms with Gasteiger partial charge in [0.05, 0.1) is 12.6 Å². The topological polar surface area (TPSA) is 103 Å². The van der Waals surface area contributed by atoms with E-state index in [1.54, 1.807) is 0 Å². The third-order valence-electron chi connectivity index (χ3n) is 7.94. The second-order valence-electron chi connectivity index (χ2n) is 10.6. The Bertz CT molecular complexity index is 889. The number of aliphatic hydroxyl groups is 2. The van der Waals surface area contributed by atoms with Crippen molar-refractivity contribution < 1.29 is 37.0 Å². The van der Waals surface area contributed by atoms with Crippen LogP contribution < -0.4 is 5.32 Å². The quantitative estimate of drug-likeness (QED) is 0.333. The molecule has 0 amide bonds. The van der Waals surface area contributed by atoms with E-state index in [0.29, 0.717) is 31.7 Å². The summed E-state index contributed by atoms with van der Waals surface area (Å²) >= 11 is 0.611. The van der Waals surface area contributed by atoms with Gasteiger partial charge in [-0.1, -0.05) is 18.2 Å². The molecule has 2 saturated heterocycles. The first-order valence-corrected chi connectivity index (χ1v) is 14.4. The van der Waals surface area contributed by atoms with Gasteiger partial charge in [-0.25, -0.2) is 6.42 Å². The first-order chi connectivity index (χ1) is 18.0. The molecule has 0 aromatic rings. The monoisotopic (exact) mass is 691 g/mol. The van der Waals surface area contributed by atoms with Gasteiger partial charge in [-0.05, 0) is 49.8 Å². The Morgan fingerprint density at radius 2 is 2.00 bits per heavy atom. The van der Waals surface area contributed by atoms with E-state index in [9.17, 15) is 10.2 Å². The number of ether oxygens (including phenoxy) is 1. The van der Waals surface area contributed by atoms with Gasteiger partial charge < -0.3 is 37.4 Å². The van der Waals surface area contributed by atoms with Gasteiger partial charge in [0.15, 0.2) is 0 Å². The van der Waals surface area contributed by atoms with E-state index in [1.807, 2.05) is 17.9 Å². The Morgan fingerprint density at radius 3 is 2.59 bits per heavy atom. The number of hydrogen-bond acceptors (Lipinski definition) is 8. The molecule has 0 aromatic carbocycles. The molecule has 6 atom stereocenters. The van der Waals surface area contributed by atoms with Gasteiger partial charge in [-0.2, -0.15) is 6.54 Å². The van der Waals surface area contributed by atoms with E-state index < -0.39 is 12.6 Å². The Morgan fingerprint density at radius 1 is 1.27 bits per heavy atom. The summed E-state index contributed by atoms with van der Waals surface area (Å²) in [5.74, 6) is 0.626. The summed E-state index contributed by atoms with van der Waals surface area (Å²) in [6.45, 7) is 12.8. The molecule has 5 rings (SSSR count). The van der Waals surface area contributed by atoms with Crippen LogP contribution in [0.5, 0.6) is 0 Å². The molecule has 3 fully saturated rings. The SMILES string of the molecule is [CH2-]CC[N-]C1C=C(N2C(O)OC[C@H]2C)C=CC1C(O)N1CCN(C2NC=C(C3CC3)C=C2C)CC1.[O]=[Os]. The summed E-state index contributed by atoms with van der Waals surface area (Å²) in [6, 6.07) is -0.0778. The van der Waals surface area contributed by atoms with Crippen LogP contribution in [0.4, 0.5) is 0 Å². The van der Waals surface area contributed by atoms with Crippen LogP contribution in [0, 0.1) is 18.8 Å². The summed E-state index contributed by atoms with van der Waals surface area (Å²) in [7, 11) is 0. The van der Waals surface area contributed by atoms with Crippen LogP contribution >= 0.6 is 0 Å². The maximum absolute atomic E-state index is 11.4. The first kappa shape index (κ1) is 28.8. The zero-order valence-electron chi connectivity index (χ0n) is 21.9. The van der Waals surface area contributed by atoms with Crippen LogP contribution in [0.2, 0.25) is 0 Å². The minimum atomic E-state index is -0.940. The van der Waals surface area contributed by atoms with E-state index in [-0.39, 0.29) is 24.2 Å². The molecule has 0 aromatic heterocycles. The summed E-state index contributed by atoms with van der Waals surface area (Å²) in [4.78, 5) is 6.53. The number of dihydropyridines is 1. The fourth-order valence-electron chi connectivity index (χ4n) is 5.75. The molecule has 3 heterocycles. The minimum absolute atomic E-state index is 0.0880. The first-order valence-electron chi connectivity index (χ1n) is 13.3. The van der Waals surface area contributed by atoms with Crippen molar-refractivity contribution in [3.8, 4) is 0 Å². The van der Waals surface area contributed by atoms with Crippen molar-refractivity contribution in [2.45, 2.75) is 64.0 Å². The maximum atomic E-state index is 11.4. The van der Waals surface area contributed by atoms with Gasteiger partial charge in [-0.3, -0.25) is 9.80 Å². The molecule has 3 aliphatic heterocycles. The van der Waals surface area contributed by atoms with Crippen LogP contribution in [0.1, 0.15) is 33.1 Å². The van der Waals surface area contributed by atoms with Gasteiger partial charge in [-0.15, -0.1) is 6.04 Å². The van der Waals surface area contributed by atoms with Crippen molar-refractivity contribution >= 4 is 0 Å². The van der Waals surface area contributed by atoms with Crippen molar-refractivity contribution in [2.75, 3.05) is 39.3 Å². The Hall–Kier alpha value is -1.24. The van der Waals surface area contributed by atoms with Gasteiger partial charge in [0.2, 0.25) is 6.41 Å². The number of nitrogens with zero attached hydrogens (tertiary/aromatic N) is 4. The van der Waals surface area contributed by atoms with Crippen LogP contribution in [0.3, 0.4) is 0 Å². The molecule has 37 heavy (non-hydrogen) atoms. The summed E-state index contributed by atoms with van der Waals surface area (Å²) in [6.07, 6.45) is 12.8. The molecule has 5 aliphatic rings. The molecule has 208 valence electrons. The molecule has 3 N–H and O–H groups in total. The molecule has 10 heteroatoms. The van der Waals surface area contributed by atoms with Crippen LogP contribution in [-0.2, 0) is 26.8 Å². The molecule has 0 spiro atoms. The van der Waals surface area contributed by atoms with E-state index in [2.05, 4.69) is 53.4 Å². The Labute approximate surface area is 231 Å². The van der Waals surface area contributed by atoms with E-state index in [1.165, 1.54) is 24.0 Å². The predicted molar refractivity (Wildman–Crippen MR) is 137 cm³/mol. The molecule has 9 nitrogen and oxygen atoms in total. The van der Waals surface area contributed by atoms with Gasteiger partial charge in [0.25, 0.3) is 0 Å². The number of rotatable bonds is 8.